The second-order valence-electron chi connectivity index (χ2n) is 5.72. The van der Waals surface area contributed by atoms with E-state index in [0.717, 1.165) is 5.56 Å². The molecule has 1 aromatic carbocycles. The maximum Gasteiger partial charge on any atom is 0.244 e. The molecule has 0 saturated heterocycles. The monoisotopic (exact) mass is 275 g/mol. The summed E-state index contributed by atoms with van der Waals surface area (Å²) in [6, 6.07) is 8.15. The summed E-state index contributed by atoms with van der Waals surface area (Å²) in [5.74, 6) is 0.319. The van der Waals surface area contributed by atoms with E-state index in [1.54, 1.807) is 13.0 Å². The molecule has 1 aromatic rings. The summed E-state index contributed by atoms with van der Waals surface area (Å²) < 4.78 is 0. The van der Waals surface area contributed by atoms with Crippen LogP contribution in [0.25, 0.3) is 6.08 Å². The zero-order valence-electron chi connectivity index (χ0n) is 12.8. The van der Waals surface area contributed by atoms with E-state index < -0.39 is 5.60 Å². The van der Waals surface area contributed by atoms with Gasteiger partial charge in [0.2, 0.25) is 5.91 Å². The number of carbonyl (C=O) groups is 1. The summed E-state index contributed by atoms with van der Waals surface area (Å²) >= 11 is 0. The molecule has 0 aliphatic rings. The number of nitrogens with one attached hydrogen (secondary N) is 1. The molecule has 0 fully saturated rings. The van der Waals surface area contributed by atoms with Gasteiger partial charge in [-0.2, -0.15) is 0 Å². The van der Waals surface area contributed by atoms with Gasteiger partial charge >= 0.3 is 0 Å². The first-order chi connectivity index (χ1) is 9.34. The molecule has 20 heavy (non-hydrogen) atoms. The maximum atomic E-state index is 11.6. The molecule has 0 aromatic heterocycles. The molecule has 1 rings (SSSR count). The van der Waals surface area contributed by atoms with Crippen LogP contribution in [0.3, 0.4) is 0 Å². The third-order valence-electron chi connectivity index (χ3n) is 3.44. The van der Waals surface area contributed by atoms with Gasteiger partial charge in [-0.3, -0.25) is 4.79 Å². The lowest BCUT2D eigenvalue weighted by Crippen LogP contribution is -2.39. The van der Waals surface area contributed by atoms with Gasteiger partial charge in [-0.15, -0.1) is 0 Å². The predicted molar refractivity (Wildman–Crippen MR) is 83.5 cm³/mol. The van der Waals surface area contributed by atoms with Crippen LogP contribution >= 0.6 is 0 Å². The number of hydrogen-bond acceptors (Lipinski definition) is 2. The first-order valence-corrected chi connectivity index (χ1v) is 7.12. The number of rotatable bonds is 6. The molecule has 3 heteroatoms. The van der Waals surface area contributed by atoms with Crippen molar-refractivity contribution in [1.82, 2.24) is 5.32 Å². The fourth-order valence-electron chi connectivity index (χ4n) is 1.63. The van der Waals surface area contributed by atoms with Crippen LogP contribution in [0.15, 0.2) is 30.3 Å². The van der Waals surface area contributed by atoms with E-state index in [2.05, 4.69) is 31.3 Å². The number of aliphatic hydroxyl groups is 1. The average molecular weight is 275 g/mol. The highest BCUT2D eigenvalue weighted by Crippen LogP contribution is 2.15. The van der Waals surface area contributed by atoms with Crippen molar-refractivity contribution in [3.05, 3.63) is 41.5 Å². The topological polar surface area (TPSA) is 49.3 Å². The van der Waals surface area contributed by atoms with Gasteiger partial charge in [0.15, 0.2) is 0 Å². The molecular formula is C17H25NO2. The molecule has 0 aliphatic heterocycles. The van der Waals surface area contributed by atoms with Crippen molar-refractivity contribution in [3.8, 4) is 0 Å². The molecule has 0 aliphatic carbocycles. The highest BCUT2D eigenvalue weighted by atomic mass is 16.3. The Hall–Kier alpha value is -1.61. The molecular weight excluding hydrogens is 250 g/mol. The van der Waals surface area contributed by atoms with E-state index in [9.17, 15) is 9.90 Å². The standard InChI is InChI=1S/C17H25NO2/c1-5-17(4,20)12-18-16(19)11-8-14-6-9-15(10-7-14)13(2)3/h6-11,13,20H,5,12H2,1-4H3,(H,18,19). The van der Waals surface area contributed by atoms with Gasteiger partial charge in [-0.05, 0) is 36.5 Å². The molecule has 1 unspecified atom stereocenters. The Morgan fingerprint density at radius 2 is 1.95 bits per heavy atom. The zero-order chi connectivity index (χ0) is 15.2. The average Bonchev–Trinajstić information content (AvgIpc) is 2.43. The summed E-state index contributed by atoms with van der Waals surface area (Å²) in [5, 5.41) is 12.5. The molecule has 1 amide bonds. The lowest BCUT2D eigenvalue weighted by Gasteiger charge is -2.20. The normalized spacial score (nSPS) is 14.5. The quantitative estimate of drug-likeness (QED) is 0.784. The second-order valence-corrected chi connectivity index (χ2v) is 5.72. The predicted octanol–water partition coefficient (Wildman–Crippen LogP) is 3.10. The minimum absolute atomic E-state index is 0.188. The van der Waals surface area contributed by atoms with Gasteiger partial charge in [0.1, 0.15) is 0 Å². The van der Waals surface area contributed by atoms with E-state index in [1.165, 1.54) is 11.6 Å². The van der Waals surface area contributed by atoms with Crippen LogP contribution in [0, 0.1) is 0 Å². The van der Waals surface area contributed by atoms with Crippen LogP contribution in [0.2, 0.25) is 0 Å². The fraction of sp³-hybridized carbons (Fsp3) is 0.471. The zero-order valence-corrected chi connectivity index (χ0v) is 12.8. The maximum absolute atomic E-state index is 11.6. The van der Waals surface area contributed by atoms with Gasteiger partial charge in [-0.1, -0.05) is 45.0 Å². The van der Waals surface area contributed by atoms with Gasteiger partial charge < -0.3 is 10.4 Å². The van der Waals surface area contributed by atoms with Crippen LogP contribution in [0.5, 0.6) is 0 Å². The summed E-state index contributed by atoms with van der Waals surface area (Å²) in [6.45, 7) is 8.16. The van der Waals surface area contributed by atoms with E-state index in [-0.39, 0.29) is 12.5 Å². The molecule has 0 radical (unpaired) electrons. The van der Waals surface area contributed by atoms with Crippen LogP contribution in [0.4, 0.5) is 0 Å². The number of carbonyl (C=O) groups excluding carboxylic acids is 1. The molecule has 1 atom stereocenters. The number of amides is 1. The van der Waals surface area contributed by atoms with Crippen LogP contribution in [-0.2, 0) is 4.79 Å². The third-order valence-corrected chi connectivity index (χ3v) is 3.44. The minimum atomic E-state index is -0.845. The van der Waals surface area contributed by atoms with E-state index in [1.807, 2.05) is 19.1 Å². The van der Waals surface area contributed by atoms with Crippen molar-refractivity contribution < 1.29 is 9.90 Å². The van der Waals surface area contributed by atoms with E-state index in [0.29, 0.717) is 12.3 Å². The van der Waals surface area contributed by atoms with E-state index >= 15 is 0 Å². The third kappa shape index (κ3) is 5.57. The summed E-state index contributed by atoms with van der Waals surface area (Å²) in [4.78, 5) is 11.6. The Morgan fingerprint density at radius 3 is 2.45 bits per heavy atom. The Balaban J connectivity index is 2.53. The van der Waals surface area contributed by atoms with Crippen molar-refractivity contribution in [1.29, 1.82) is 0 Å². The lowest BCUT2D eigenvalue weighted by atomic mass is 10.0. The Bertz CT molecular complexity index is 458. The SMILES string of the molecule is CCC(C)(O)CNC(=O)C=Cc1ccc(C(C)C)cc1. The Labute approximate surface area is 121 Å². The molecule has 110 valence electrons. The van der Waals surface area contributed by atoms with Crippen molar-refractivity contribution in [2.24, 2.45) is 0 Å². The van der Waals surface area contributed by atoms with Gasteiger partial charge in [0, 0.05) is 12.6 Å². The van der Waals surface area contributed by atoms with Gasteiger partial charge in [0.05, 0.1) is 5.60 Å². The molecule has 0 bridgehead atoms. The van der Waals surface area contributed by atoms with Gasteiger partial charge in [0.25, 0.3) is 0 Å². The highest BCUT2D eigenvalue weighted by molar-refractivity contribution is 5.91. The molecule has 2 N–H and O–H groups in total. The first kappa shape index (κ1) is 16.4. The van der Waals surface area contributed by atoms with Crippen LogP contribution in [0.1, 0.15) is 51.2 Å². The second kappa shape index (κ2) is 7.25. The fourth-order valence-corrected chi connectivity index (χ4v) is 1.63. The van der Waals surface area contributed by atoms with Crippen molar-refractivity contribution >= 4 is 12.0 Å². The Kier molecular flexibility index (Phi) is 5.96. The van der Waals surface area contributed by atoms with Gasteiger partial charge in [-0.25, -0.2) is 0 Å². The highest BCUT2D eigenvalue weighted by Gasteiger charge is 2.17. The number of hydrogen-bond donors (Lipinski definition) is 2. The van der Waals surface area contributed by atoms with Crippen molar-refractivity contribution in [3.63, 3.8) is 0 Å². The molecule has 3 nitrogen and oxygen atoms in total. The first-order valence-electron chi connectivity index (χ1n) is 7.12. The Morgan fingerprint density at radius 1 is 1.35 bits per heavy atom. The molecule has 0 spiro atoms. The smallest absolute Gasteiger partial charge is 0.244 e. The largest absolute Gasteiger partial charge is 0.388 e. The van der Waals surface area contributed by atoms with Crippen LogP contribution in [-0.4, -0.2) is 23.2 Å². The number of benzene rings is 1. The van der Waals surface area contributed by atoms with E-state index in [4.69, 9.17) is 0 Å². The van der Waals surface area contributed by atoms with Crippen molar-refractivity contribution in [2.45, 2.75) is 45.6 Å². The van der Waals surface area contributed by atoms with Crippen LogP contribution < -0.4 is 5.32 Å². The molecule has 0 heterocycles. The lowest BCUT2D eigenvalue weighted by molar-refractivity contribution is -0.117. The summed E-state index contributed by atoms with van der Waals surface area (Å²) in [5.41, 5.74) is 1.43. The minimum Gasteiger partial charge on any atom is -0.388 e. The molecule has 0 saturated carbocycles. The summed E-state index contributed by atoms with van der Waals surface area (Å²) in [6.07, 6.45) is 3.88. The van der Waals surface area contributed by atoms with Crippen molar-refractivity contribution in [2.75, 3.05) is 6.54 Å². The summed E-state index contributed by atoms with van der Waals surface area (Å²) in [7, 11) is 0.